The van der Waals surface area contributed by atoms with Crippen LogP contribution in [0, 0.1) is 0 Å². The SMILES string of the molecule is CC[C@@H](C)NC(=O)c1cc(S(=O)(=O)N2CCSCC2)ccc1Cl. The van der Waals surface area contributed by atoms with Crippen LogP contribution in [0.2, 0.25) is 5.02 Å². The molecule has 1 saturated heterocycles. The number of sulfonamides is 1. The van der Waals surface area contributed by atoms with Crippen molar-refractivity contribution in [2.45, 2.75) is 31.2 Å². The first-order valence-electron chi connectivity index (χ1n) is 7.54. The highest BCUT2D eigenvalue weighted by atomic mass is 35.5. The molecule has 1 aliphatic rings. The molecule has 1 atom stereocenters. The highest BCUT2D eigenvalue weighted by molar-refractivity contribution is 7.99. The van der Waals surface area contributed by atoms with Gasteiger partial charge in [-0.15, -0.1) is 0 Å². The summed E-state index contributed by atoms with van der Waals surface area (Å²) in [4.78, 5) is 12.4. The molecule has 5 nitrogen and oxygen atoms in total. The molecule has 1 heterocycles. The van der Waals surface area contributed by atoms with E-state index >= 15 is 0 Å². The highest BCUT2D eigenvalue weighted by Gasteiger charge is 2.27. The molecule has 23 heavy (non-hydrogen) atoms. The molecule has 1 aromatic rings. The molecule has 1 N–H and O–H groups in total. The molecular weight excluding hydrogens is 356 g/mol. The number of carbonyl (C=O) groups excluding carboxylic acids is 1. The van der Waals surface area contributed by atoms with Crippen LogP contribution in [0.3, 0.4) is 0 Å². The number of rotatable bonds is 5. The lowest BCUT2D eigenvalue weighted by molar-refractivity contribution is 0.0939. The monoisotopic (exact) mass is 376 g/mol. The Morgan fingerprint density at radius 1 is 1.39 bits per heavy atom. The molecule has 0 radical (unpaired) electrons. The Kier molecular flexibility index (Phi) is 6.36. The fourth-order valence-electron chi connectivity index (χ4n) is 2.18. The van der Waals surface area contributed by atoms with Gasteiger partial charge in [0.05, 0.1) is 15.5 Å². The van der Waals surface area contributed by atoms with Crippen LogP contribution in [0.4, 0.5) is 0 Å². The van der Waals surface area contributed by atoms with E-state index < -0.39 is 10.0 Å². The third kappa shape index (κ3) is 4.41. The molecule has 8 heteroatoms. The molecule has 0 aromatic heterocycles. The number of nitrogens with one attached hydrogen (secondary N) is 1. The topological polar surface area (TPSA) is 66.5 Å². The third-order valence-corrected chi connectivity index (χ3v) is 6.95. The maximum Gasteiger partial charge on any atom is 0.253 e. The minimum Gasteiger partial charge on any atom is -0.350 e. The number of thioether (sulfide) groups is 1. The lowest BCUT2D eigenvalue weighted by Gasteiger charge is -2.25. The summed E-state index contributed by atoms with van der Waals surface area (Å²) in [6.07, 6.45) is 0.785. The average molecular weight is 377 g/mol. The normalized spacial score (nSPS) is 17.7. The van der Waals surface area contributed by atoms with E-state index in [2.05, 4.69) is 5.32 Å². The predicted molar refractivity (Wildman–Crippen MR) is 94.8 cm³/mol. The molecule has 0 bridgehead atoms. The van der Waals surface area contributed by atoms with Crippen LogP contribution in [0.1, 0.15) is 30.6 Å². The summed E-state index contributed by atoms with van der Waals surface area (Å²) < 4.78 is 26.8. The van der Waals surface area contributed by atoms with Gasteiger partial charge in [0.15, 0.2) is 0 Å². The molecular formula is C15H21ClN2O3S2. The van der Waals surface area contributed by atoms with Gasteiger partial charge in [0, 0.05) is 30.6 Å². The van der Waals surface area contributed by atoms with Crippen molar-refractivity contribution >= 4 is 39.3 Å². The zero-order valence-corrected chi connectivity index (χ0v) is 15.6. The molecule has 0 unspecified atom stereocenters. The summed E-state index contributed by atoms with van der Waals surface area (Å²) in [5.74, 6) is 1.22. The molecule has 2 rings (SSSR count). The van der Waals surface area contributed by atoms with Crippen molar-refractivity contribution in [1.29, 1.82) is 0 Å². The second-order valence-electron chi connectivity index (χ2n) is 5.44. The van der Waals surface area contributed by atoms with Gasteiger partial charge in [-0.25, -0.2) is 8.42 Å². The van der Waals surface area contributed by atoms with Crippen molar-refractivity contribution in [2.75, 3.05) is 24.6 Å². The molecule has 1 amide bonds. The van der Waals surface area contributed by atoms with E-state index in [0.717, 1.165) is 17.9 Å². The third-order valence-electron chi connectivity index (χ3n) is 3.78. The van der Waals surface area contributed by atoms with Gasteiger partial charge in [0.25, 0.3) is 5.91 Å². The van der Waals surface area contributed by atoms with Crippen LogP contribution in [-0.2, 0) is 10.0 Å². The zero-order valence-electron chi connectivity index (χ0n) is 13.2. The predicted octanol–water partition coefficient (Wildman–Crippen LogP) is 2.61. The Hall–Kier alpha value is -0.760. The van der Waals surface area contributed by atoms with Crippen LogP contribution in [0.5, 0.6) is 0 Å². The Morgan fingerprint density at radius 3 is 2.65 bits per heavy atom. The number of hydrogen-bond acceptors (Lipinski definition) is 4. The van der Waals surface area contributed by atoms with E-state index in [0.29, 0.717) is 13.1 Å². The van der Waals surface area contributed by atoms with Crippen LogP contribution < -0.4 is 5.32 Å². The molecule has 1 aliphatic heterocycles. The van der Waals surface area contributed by atoms with E-state index in [1.54, 1.807) is 11.8 Å². The van der Waals surface area contributed by atoms with E-state index in [9.17, 15) is 13.2 Å². The smallest absolute Gasteiger partial charge is 0.253 e. The summed E-state index contributed by atoms with van der Waals surface area (Å²) >= 11 is 7.82. The number of halogens is 1. The van der Waals surface area contributed by atoms with Crippen molar-refractivity contribution < 1.29 is 13.2 Å². The first-order valence-corrected chi connectivity index (χ1v) is 10.5. The summed E-state index contributed by atoms with van der Waals surface area (Å²) in [5, 5.41) is 3.06. The molecule has 1 fully saturated rings. The van der Waals surface area contributed by atoms with E-state index in [4.69, 9.17) is 11.6 Å². The molecule has 0 saturated carbocycles. The Morgan fingerprint density at radius 2 is 2.04 bits per heavy atom. The molecule has 0 aliphatic carbocycles. The minimum absolute atomic E-state index is 0.00190. The average Bonchev–Trinajstić information content (AvgIpc) is 2.55. The van der Waals surface area contributed by atoms with Crippen LogP contribution in [0.15, 0.2) is 23.1 Å². The van der Waals surface area contributed by atoms with Gasteiger partial charge in [-0.3, -0.25) is 4.79 Å². The van der Waals surface area contributed by atoms with Crippen molar-refractivity contribution in [2.24, 2.45) is 0 Å². The van der Waals surface area contributed by atoms with Crippen LogP contribution in [-0.4, -0.2) is 49.3 Å². The fraction of sp³-hybridized carbons (Fsp3) is 0.533. The standard InChI is InChI=1S/C15H21ClN2O3S2/c1-3-11(2)17-15(19)13-10-12(4-5-14(13)16)23(20,21)18-6-8-22-9-7-18/h4-5,10-11H,3,6-9H2,1-2H3,(H,17,19)/t11-/m1/s1. The molecule has 0 spiro atoms. The lowest BCUT2D eigenvalue weighted by atomic mass is 10.2. The second kappa shape index (κ2) is 7.88. The number of carbonyl (C=O) groups is 1. The van der Waals surface area contributed by atoms with E-state index in [1.807, 2.05) is 13.8 Å². The van der Waals surface area contributed by atoms with Gasteiger partial charge >= 0.3 is 0 Å². The summed E-state index contributed by atoms with van der Waals surface area (Å²) in [7, 11) is -3.59. The summed E-state index contributed by atoms with van der Waals surface area (Å²) in [5.41, 5.74) is 0.194. The number of hydrogen-bond donors (Lipinski definition) is 1. The minimum atomic E-state index is -3.59. The molecule has 128 valence electrons. The Balaban J connectivity index is 2.30. The van der Waals surface area contributed by atoms with Gasteiger partial charge in [-0.05, 0) is 31.5 Å². The van der Waals surface area contributed by atoms with Crippen LogP contribution in [0.25, 0.3) is 0 Å². The fourth-order valence-corrected chi connectivity index (χ4v) is 4.98. The lowest BCUT2D eigenvalue weighted by Crippen LogP contribution is -2.38. The Bertz CT molecular complexity index is 673. The largest absolute Gasteiger partial charge is 0.350 e. The van der Waals surface area contributed by atoms with Gasteiger partial charge in [-0.1, -0.05) is 18.5 Å². The maximum absolute atomic E-state index is 12.7. The number of benzene rings is 1. The first-order chi connectivity index (χ1) is 10.9. The maximum atomic E-state index is 12.7. The second-order valence-corrected chi connectivity index (χ2v) is 9.01. The quantitative estimate of drug-likeness (QED) is 0.857. The van der Waals surface area contributed by atoms with Crippen molar-refractivity contribution in [1.82, 2.24) is 9.62 Å². The Labute approximate surface area is 146 Å². The van der Waals surface area contributed by atoms with Crippen molar-refractivity contribution in [3.8, 4) is 0 Å². The summed E-state index contributed by atoms with van der Waals surface area (Å²) in [6.45, 7) is 4.83. The van der Waals surface area contributed by atoms with Gasteiger partial charge in [-0.2, -0.15) is 16.1 Å². The number of nitrogens with zero attached hydrogens (tertiary/aromatic N) is 1. The van der Waals surface area contributed by atoms with Crippen LogP contribution >= 0.6 is 23.4 Å². The highest BCUT2D eigenvalue weighted by Crippen LogP contribution is 2.25. The van der Waals surface area contributed by atoms with Gasteiger partial charge < -0.3 is 5.32 Å². The number of amides is 1. The van der Waals surface area contributed by atoms with Gasteiger partial charge in [0.2, 0.25) is 10.0 Å². The van der Waals surface area contributed by atoms with E-state index in [1.165, 1.54) is 22.5 Å². The molecule has 1 aromatic carbocycles. The first kappa shape index (κ1) is 18.6. The van der Waals surface area contributed by atoms with E-state index in [-0.39, 0.29) is 27.4 Å². The summed E-state index contributed by atoms with van der Waals surface area (Å²) in [6, 6.07) is 4.30. The zero-order chi connectivity index (χ0) is 17.0. The van der Waals surface area contributed by atoms with Gasteiger partial charge in [0.1, 0.15) is 0 Å². The van der Waals surface area contributed by atoms with Crippen molar-refractivity contribution in [3.63, 3.8) is 0 Å². The van der Waals surface area contributed by atoms with Crippen molar-refractivity contribution in [3.05, 3.63) is 28.8 Å².